The Morgan fingerprint density at radius 1 is 0.843 bits per heavy atom. The van der Waals surface area contributed by atoms with Crippen molar-refractivity contribution < 1.29 is 33.8 Å². The number of H-pyrrole nitrogens is 1. The van der Waals surface area contributed by atoms with E-state index in [1.165, 1.54) is 23.1 Å². The molecule has 2 aromatic heterocycles. The van der Waals surface area contributed by atoms with Crippen LogP contribution < -0.4 is 26.0 Å². The summed E-state index contributed by atoms with van der Waals surface area (Å²) >= 11 is 6.14. The molecule has 6 rings (SSSR count). The van der Waals surface area contributed by atoms with Gasteiger partial charge in [-0.2, -0.15) is 4.68 Å². The second kappa shape index (κ2) is 15.0. The first-order valence-corrected chi connectivity index (χ1v) is 15.4. The van der Waals surface area contributed by atoms with Gasteiger partial charge in [-0.15, -0.1) is 5.10 Å². The number of hydrogen-bond acceptors (Lipinski definition) is 9. The number of halogens is 1. The fraction of sp³-hybridized carbons (Fsp3) is 0.0588. The number of aromatic amines is 1. The summed E-state index contributed by atoms with van der Waals surface area (Å²) in [7, 11) is 0. The molecule has 0 spiro atoms. The molecule has 0 unspecified atom stereocenters. The number of aromatic carboxylic acids is 1. The topological polar surface area (TPSA) is 222 Å². The van der Waals surface area contributed by atoms with Crippen molar-refractivity contribution in [2.24, 2.45) is 0 Å². The summed E-state index contributed by atoms with van der Waals surface area (Å²) in [5.41, 5.74) is 2.26. The van der Waals surface area contributed by atoms with Crippen LogP contribution in [0.2, 0.25) is 5.02 Å². The number of hydrogen-bond donors (Lipinski definition) is 6. The Morgan fingerprint density at radius 3 is 2.33 bits per heavy atom. The van der Waals surface area contributed by atoms with Crippen molar-refractivity contribution in [3.63, 3.8) is 0 Å². The second-order valence-corrected chi connectivity index (χ2v) is 11.3. The van der Waals surface area contributed by atoms with Gasteiger partial charge in [0.2, 0.25) is 5.91 Å². The van der Waals surface area contributed by atoms with Crippen molar-refractivity contribution in [3.8, 4) is 11.4 Å². The number of anilines is 3. The molecule has 0 saturated carbocycles. The predicted molar refractivity (Wildman–Crippen MR) is 185 cm³/mol. The lowest BCUT2D eigenvalue weighted by Gasteiger charge is -2.19. The first kappa shape index (κ1) is 33.8. The molecule has 6 N–H and O–H groups in total. The molecule has 256 valence electrons. The van der Waals surface area contributed by atoms with Crippen LogP contribution in [0.1, 0.15) is 16.1 Å². The number of carboxylic acid groups (broad SMARTS) is 1. The van der Waals surface area contributed by atoms with E-state index in [0.29, 0.717) is 39.3 Å². The maximum Gasteiger partial charge on any atom is 0.417 e. The van der Waals surface area contributed by atoms with Gasteiger partial charge >= 0.3 is 23.9 Å². The van der Waals surface area contributed by atoms with Crippen molar-refractivity contribution in [2.75, 3.05) is 16.0 Å². The number of carbonyl (C=O) groups is 5. The third kappa shape index (κ3) is 8.51. The average molecular weight is 708 g/mol. The minimum absolute atomic E-state index is 0.0289. The molecular formula is C34H26ClN9O7. The zero-order valence-corrected chi connectivity index (χ0v) is 26.9. The van der Waals surface area contributed by atoms with E-state index < -0.39 is 35.8 Å². The SMILES string of the molecule is O=C(Nc1ccc(C[C@H](NC(=O)C(=O)Nc2cc(Cl)ccc2-n2cnnn2)C(=O)Nc2ccc3[nH]c(C(=O)O)cc3c2)cc1)Oc1ccccc1. The van der Waals surface area contributed by atoms with Crippen LogP contribution in [0.25, 0.3) is 16.6 Å². The Kier molecular flexibility index (Phi) is 9.95. The lowest BCUT2D eigenvalue weighted by Crippen LogP contribution is -2.49. The Hall–Kier alpha value is -7.07. The number of aromatic nitrogens is 5. The zero-order chi connectivity index (χ0) is 35.9. The molecule has 6 aromatic rings. The minimum atomic E-state index is -1.28. The molecule has 51 heavy (non-hydrogen) atoms. The van der Waals surface area contributed by atoms with Gasteiger partial charge in [0.1, 0.15) is 23.8 Å². The smallest absolute Gasteiger partial charge is 0.417 e. The Morgan fingerprint density at radius 2 is 1.61 bits per heavy atom. The van der Waals surface area contributed by atoms with Crippen LogP contribution in [-0.2, 0) is 20.8 Å². The number of fused-ring (bicyclic) bond motifs is 1. The van der Waals surface area contributed by atoms with E-state index in [9.17, 15) is 29.1 Å². The first-order valence-electron chi connectivity index (χ1n) is 15.1. The summed E-state index contributed by atoms with van der Waals surface area (Å²) in [5.74, 6) is -3.69. The van der Waals surface area contributed by atoms with Crippen molar-refractivity contribution in [1.29, 1.82) is 0 Å². The molecule has 0 aliphatic rings. The van der Waals surface area contributed by atoms with Crippen LogP contribution in [0.3, 0.4) is 0 Å². The standard InChI is InChI=1S/C34H26ClN9O7/c35-21-8-13-29(44-18-36-42-43-44)26(17-21)40-31(46)32(47)41-27(30(45)37-23-11-12-25-20(15-23)16-28(39-25)33(48)49)14-19-6-9-22(10-7-19)38-34(50)51-24-4-2-1-3-5-24/h1-13,15-18,27,39H,14H2,(H,37,45)(H,38,50)(H,40,46)(H,41,47)(H,48,49)/t27-/m0/s1. The maximum absolute atomic E-state index is 13.6. The number of carboxylic acids is 1. The molecular weight excluding hydrogens is 682 g/mol. The molecule has 0 aliphatic heterocycles. The van der Waals surface area contributed by atoms with E-state index in [1.54, 1.807) is 84.9 Å². The lowest BCUT2D eigenvalue weighted by atomic mass is 10.0. The maximum atomic E-state index is 13.6. The van der Waals surface area contributed by atoms with Crippen molar-refractivity contribution in [1.82, 2.24) is 30.5 Å². The van der Waals surface area contributed by atoms with Crippen LogP contribution >= 0.6 is 11.6 Å². The van der Waals surface area contributed by atoms with Gasteiger partial charge in [-0.3, -0.25) is 19.7 Å². The minimum Gasteiger partial charge on any atom is -0.477 e. The summed E-state index contributed by atoms with van der Waals surface area (Å²) in [6.45, 7) is 0. The van der Waals surface area contributed by atoms with Gasteiger partial charge in [0.05, 0.1) is 11.4 Å². The summed E-state index contributed by atoms with van der Waals surface area (Å²) < 4.78 is 6.51. The third-order valence-corrected chi connectivity index (χ3v) is 7.58. The summed E-state index contributed by atoms with van der Waals surface area (Å²) in [5, 5.41) is 31.4. The Bertz CT molecular complexity index is 2240. The number of tetrazole rings is 1. The average Bonchev–Trinajstić information content (AvgIpc) is 3.80. The van der Waals surface area contributed by atoms with E-state index in [-0.39, 0.29) is 22.8 Å². The number of nitrogens with one attached hydrogen (secondary N) is 5. The molecule has 4 amide bonds. The van der Waals surface area contributed by atoms with Crippen LogP contribution in [0.5, 0.6) is 5.75 Å². The van der Waals surface area contributed by atoms with E-state index in [2.05, 4.69) is 41.8 Å². The van der Waals surface area contributed by atoms with Crippen LogP contribution in [0.4, 0.5) is 21.9 Å². The van der Waals surface area contributed by atoms with Crippen LogP contribution in [0, 0.1) is 0 Å². The quantitative estimate of drug-likeness (QED) is 0.110. The molecule has 0 saturated heterocycles. The number of amides is 4. The number of nitrogens with zero attached hydrogens (tertiary/aromatic N) is 4. The highest BCUT2D eigenvalue weighted by molar-refractivity contribution is 6.40. The highest BCUT2D eigenvalue weighted by Gasteiger charge is 2.26. The molecule has 17 heteroatoms. The van der Waals surface area contributed by atoms with Gasteiger partial charge in [0.15, 0.2) is 0 Å². The number of para-hydroxylation sites is 1. The van der Waals surface area contributed by atoms with E-state index in [4.69, 9.17) is 16.3 Å². The van der Waals surface area contributed by atoms with Gasteiger partial charge in [-0.25, -0.2) is 9.59 Å². The predicted octanol–water partition coefficient (Wildman–Crippen LogP) is 4.41. The van der Waals surface area contributed by atoms with E-state index in [1.807, 2.05) is 0 Å². The highest BCUT2D eigenvalue weighted by Crippen LogP contribution is 2.24. The molecule has 0 aliphatic carbocycles. The van der Waals surface area contributed by atoms with E-state index >= 15 is 0 Å². The molecule has 1 atom stereocenters. The van der Waals surface area contributed by atoms with Crippen molar-refractivity contribution in [2.45, 2.75) is 12.5 Å². The fourth-order valence-electron chi connectivity index (χ4n) is 4.95. The highest BCUT2D eigenvalue weighted by atomic mass is 35.5. The third-order valence-electron chi connectivity index (χ3n) is 7.34. The number of carbonyl (C=O) groups excluding carboxylic acids is 4. The lowest BCUT2D eigenvalue weighted by molar-refractivity contribution is -0.137. The molecule has 2 heterocycles. The first-order chi connectivity index (χ1) is 24.6. The van der Waals surface area contributed by atoms with Gasteiger partial charge in [-0.1, -0.05) is 41.9 Å². The number of ether oxygens (including phenoxy) is 1. The number of benzene rings is 4. The molecule has 0 fully saturated rings. The summed E-state index contributed by atoms with van der Waals surface area (Å²) in [6, 6.07) is 24.3. The monoisotopic (exact) mass is 707 g/mol. The van der Waals surface area contributed by atoms with Gasteiger partial charge in [-0.05, 0) is 82.7 Å². The van der Waals surface area contributed by atoms with Gasteiger partial charge in [0.25, 0.3) is 0 Å². The van der Waals surface area contributed by atoms with Crippen molar-refractivity contribution >= 4 is 69.4 Å². The fourth-order valence-corrected chi connectivity index (χ4v) is 5.12. The summed E-state index contributed by atoms with van der Waals surface area (Å²) in [6.07, 6.45) is 0.518. The second-order valence-electron chi connectivity index (χ2n) is 10.9. The van der Waals surface area contributed by atoms with Crippen molar-refractivity contribution in [3.05, 3.63) is 120 Å². The number of rotatable bonds is 10. The van der Waals surface area contributed by atoms with E-state index in [0.717, 1.165) is 0 Å². The van der Waals surface area contributed by atoms with Gasteiger partial charge < -0.3 is 30.8 Å². The molecule has 0 radical (unpaired) electrons. The summed E-state index contributed by atoms with van der Waals surface area (Å²) in [4.78, 5) is 66.5. The van der Waals surface area contributed by atoms with Crippen LogP contribution in [0.15, 0.2) is 103 Å². The van der Waals surface area contributed by atoms with Crippen LogP contribution in [-0.4, -0.2) is 66.1 Å². The zero-order valence-electron chi connectivity index (χ0n) is 26.2. The normalized spacial score (nSPS) is 11.3. The Balaban J connectivity index is 1.19. The molecule has 4 aromatic carbocycles. The molecule has 0 bridgehead atoms. The molecule has 16 nitrogen and oxygen atoms in total. The largest absolute Gasteiger partial charge is 0.477 e. The van der Waals surface area contributed by atoms with Gasteiger partial charge in [0, 0.05) is 33.7 Å². The Labute approximate surface area is 292 Å².